The number of H-pyrrole nitrogens is 1. The quantitative estimate of drug-likeness (QED) is 0.596. The van der Waals surface area contributed by atoms with Crippen molar-refractivity contribution in [2.45, 2.75) is 19.4 Å². The predicted molar refractivity (Wildman–Crippen MR) is 109 cm³/mol. The molecular weight excluding hydrogens is 405 g/mol. The van der Waals surface area contributed by atoms with Gasteiger partial charge in [0.25, 0.3) is 5.56 Å². The van der Waals surface area contributed by atoms with Crippen LogP contribution in [0.15, 0.2) is 35.4 Å². The monoisotopic (exact) mass is 427 g/mol. The zero-order valence-corrected chi connectivity index (χ0v) is 17.0. The second kappa shape index (κ2) is 8.76. The van der Waals surface area contributed by atoms with Gasteiger partial charge in [-0.25, -0.2) is 9.37 Å². The number of Topliss-reactive ketones (excluding diaryl/α,β-unsaturated/α-hetero) is 1. The van der Waals surface area contributed by atoms with Crippen LogP contribution < -0.4 is 5.56 Å². The van der Waals surface area contributed by atoms with Crippen LogP contribution in [0.5, 0.6) is 0 Å². The van der Waals surface area contributed by atoms with E-state index in [0.717, 1.165) is 0 Å². The normalized spacial score (nSPS) is 14.8. The zero-order chi connectivity index (χ0) is 22.0. The van der Waals surface area contributed by atoms with E-state index in [-0.39, 0.29) is 47.5 Å². The van der Waals surface area contributed by atoms with E-state index < -0.39 is 11.4 Å². The third-order valence-corrected chi connectivity index (χ3v) is 5.41. The molecule has 1 aliphatic heterocycles. The standard InChI is InChI=1S/C21H22FN5O4/c1-26-10-14(9-23-26)20(29)13-5-7-27(8-6-13)18(28)12-31-11-17-24-19-15(21(30)25-17)3-2-4-16(19)22/h2-4,9-10,13H,5-8,11-12H2,1H3,(H,24,25,30). The Bertz CT molecular complexity index is 1180. The molecule has 3 heterocycles. The maximum Gasteiger partial charge on any atom is 0.258 e. The molecule has 3 aromatic rings. The fourth-order valence-electron chi connectivity index (χ4n) is 3.74. The number of amides is 1. The van der Waals surface area contributed by atoms with Crippen molar-refractivity contribution in [3.63, 3.8) is 0 Å². The molecule has 0 spiro atoms. The van der Waals surface area contributed by atoms with Crippen LogP contribution in [0.3, 0.4) is 0 Å². The minimum Gasteiger partial charge on any atom is -0.364 e. The van der Waals surface area contributed by atoms with E-state index in [0.29, 0.717) is 31.5 Å². The lowest BCUT2D eigenvalue weighted by Gasteiger charge is -2.31. The Morgan fingerprint density at radius 1 is 1.29 bits per heavy atom. The molecule has 2 aromatic heterocycles. The van der Waals surface area contributed by atoms with Crippen LogP contribution in [0.2, 0.25) is 0 Å². The van der Waals surface area contributed by atoms with E-state index in [1.165, 1.54) is 18.2 Å². The van der Waals surface area contributed by atoms with Crippen LogP contribution in [0.25, 0.3) is 10.9 Å². The highest BCUT2D eigenvalue weighted by atomic mass is 19.1. The van der Waals surface area contributed by atoms with Crippen LogP contribution in [0.4, 0.5) is 4.39 Å². The summed E-state index contributed by atoms with van der Waals surface area (Å²) in [4.78, 5) is 45.3. The van der Waals surface area contributed by atoms with Gasteiger partial charge in [0.15, 0.2) is 5.78 Å². The largest absolute Gasteiger partial charge is 0.364 e. The number of ketones is 1. The van der Waals surface area contributed by atoms with Crippen molar-refractivity contribution < 1.29 is 18.7 Å². The third-order valence-electron chi connectivity index (χ3n) is 5.41. The van der Waals surface area contributed by atoms with Gasteiger partial charge in [-0.2, -0.15) is 5.10 Å². The van der Waals surface area contributed by atoms with E-state index in [2.05, 4.69) is 15.1 Å². The molecule has 4 rings (SSSR count). The smallest absolute Gasteiger partial charge is 0.258 e. The number of aromatic amines is 1. The topological polar surface area (TPSA) is 110 Å². The predicted octanol–water partition coefficient (Wildman–Crippen LogP) is 1.43. The summed E-state index contributed by atoms with van der Waals surface area (Å²) >= 11 is 0. The molecule has 162 valence electrons. The van der Waals surface area contributed by atoms with Gasteiger partial charge in [0.2, 0.25) is 5.91 Å². The number of carbonyl (C=O) groups excluding carboxylic acids is 2. The summed E-state index contributed by atoms with van der Waals surface area (Å²) in [5.41, 5.74) is 0.0928. The number of aryl methyl sites for hydroxylation is 1. The van der Waals surface area contributed by atoms with E-state index in [1.54, 1.807) is 29.0 Å². The number of fused-ring (bicyclic) bond motifs is 1. The molecular formula is C21H22FN5O4. The molecule has 0 atom stereocenters. The summed E-state index contributed by atoms with van der Waals surface area (Å²) in [7, 11) is 1.76. The molecule has 1 saturated heterocycles. The summed E-state index contributed by atoms with van der Waals surface area (Å²) in [6.45, 7) is 0.617. The first-order chi connectivity index (χ1) is 14.9. The molecule has 1 amide bonds. The molecule has 31 heavy (non-hydrogen) atoms. The fraction of sp³-hybridized carbons (Fsp3) is 0.381. The summed E-state index contributed by atoms with van der Waals surface area (Å²) in [5.74, 6) is -0.728. The number of aromatic nitrogens is 4. The molecule has 0 bridgehead atoms. The van der Waals surface area contributed by atoms with Crippen molar-refractivity contribution in [2.75, 3.05) is 19.7 Å². The van der Waals surface area contributed by atoms with Crippen LogP contribution >= 0.6 is 0 Å². The number of carbonyl (C=O) groups is 2. The minimum absolute atomic E-state index is 0.0310. The first kappa shape index (κ1) is 20.9. The average molecular weight is 427 g/mol. The third kappa shape index (κ3) is 4.53. The summed E-state index contributed by atoms with van der Waals surface area (Å²) in [6.07, 6.45) is 4.42. The minimum atomic E-state index is -0.593. The van der Waals surface area contributed by atoms with Crippen LogP contribution in [-0.4, -0.2) is 56.0 Å². The van der Waals surface area contributed by atoms with Gasteiger partial charge in [-0.15, -0.1) is 0 Å². The second-order valence-corrected chi connectivity index (χ2v) is 7.56. The van der Waals surface area contributed by atoms with E-state index >= 15 is 0 Å². The highest BCUT2D eigenvalue weighted by Crippen LogP contribution is 2.21. The van der Waals surface area contributed by atoms with Gasteiger partial charge in [-0.05, 0) is 25.0 Å². The molecule has 9 nitrogen and oxygen atoms in total. The zero-order valence-electron chi connectivity index (χ0n) is 17.0. The number of nitrogens with zero attached hydrogens (tertiary/aromatic N) is 4. The number of hydrogen-bond acceptors (Lipinski definition) is 6. The van der Waals surface area contributed by atoms with E-state index in [9.17, 15) is 18.8 Å². The van der Waals surface area contributed by atoms with Crippen molar-refractivity contribution in [1.29, 1.82) is 0 Å². The number of para-hydroxylation sites is 1. The Kier molecular flexibility index (Phi) is 5.90. The number of nitrogens with one attached hydrogen (secondary N) is 1. The van der Waals surface area contributed by atoms with E-state index in [4.69, 9.17) is 4.74 Å². The molecule has 0 aliphatic carbocycles. The highest BCUT2D eigenvalue weighted by Gasteiger charge is 2.28. The number of rotatable bonds is 6. The van der Waals surface area contributed by atoms with Crippen LogP contribution in [0.1, 0.15) is 29.0 Å². The van der Waals surface area contributed by atoms with Crippen molar-refractivity contribution in [3.8, 4) is 0 Å². The number of piperidine rings is 1. The Hall–Kier alpha value is -3.40. The van der Waals surface area contributed by atoms with Gasteiger partial charge in [-0.1, -0.05) is 6.07 Å². The number of hydrogen-bond donors (Lipinski definition) is 1. The number of likely N-dealkylation sites (tertiary alicyclic amines) is 1. The Morgan fingerprint density at radius 2 is 2.06 bits per heavy atom. The Labute approximate surface area is 176 Å². The van der Waals surface area contributed by atoms with Crippen molar-refractivity contribution >= 4 is 22.6 Å². The lowest BCUT2D eigenvalue weighted by molar-refractivity contribution is -0.137. The van der Waals surface area contributed by atoms with Crippen molar-refractivity contribution in [2.24, 2.45) is 13.0 Å². The lowest BCUT2D eigenvalue weighted by Crippen LogP contribution is -2.42. The summed E-state index contributed by atoms with van der Waals surface area (Å²) < 4.78 is 20.9. The summed E-state index contributed by atoms with van der Waals surface area (Å²) in [6, 6.07) is 4.16. The van der Waals surface area contributed by atoms with Gasteiger partial charge in [0, 0.05) is 32.3 Å². The van der Waals surface area contributed by atoms with Crippen molar-refractivity contribution in [3.05, 3.63) is 58.2 Å². The van der Waals surface area contributed by atoms with Gasteiger partial charge < -0.3 is 14.6 Å². The molecule has 0 unspecified atom stereocenters. The van der Waals surface area contributed by atoms with Crippen molar-refractivity contribution in [1.82, 2.24) is 24.6 Å². The Balaban J connectivity index is 1.28. The average Bonchev–Trinajstić information content (AvgIpc) is 3.20. The van der Waals surface area contributed by atoms with Gasteiger partial charge >= 0.3 is 0 Å². The molecule has 0 radical (unpaired) electrons. The number of ether oxygens (including phenoxy) is 1. The maximum absolute atomic E-state index is 13.9. The molecule has 1 aromatic carbocycles. The molecule has 1 aliphatic rings. The maximum atomic E-state index is 13.9. The molecule has 10 heteroatoms. The first-order valence-corrected chi connectivity index (χ1v) is 9.98. The van der Waals surface area contributed by atoms with Gasteiger partial charge in [0.1, 0.15) is 30.4 Å². The summed E-state index contributed by atoms with van der Waals surface area (Å²) in [5, 5.41) is 4.18. The van der Waals surface area contributed by atoms with Crippen LogP contribution in [-0.2, 0) is 23.2 Å². The molecule has 1 N–H and O–H groups in total. The van der Waals surface area contributed by atoms with Gasteiger partial charge in [-0.3, -0.25) is 19.1 Å². The highest BCUT2D eigenvalue weighted by molar-refractivity contribution is 5.97. The van der Waals surface area contributed by atoms with Gasteiger partial charge in [0.05, 0.1) is 17.1 Å². The number of benzene rings is 1. The molecule has 0 saturated carbocycles. The fourth-order valence-corrected chi connectivity index (χ4v) is 3.74. The van der Waals surface area contributed by atoms with Crippen LogP contribution in [0, 0.1) is 11.7 Å². The van der Waals surface area contributed by atoms with E-state index in [1.807, 2.05) is 0 Å². The second-order valence-electron chi connectivity index (χ2n) is 7.56. The lowest BCUT2D eigenvalue weighted by atomic mass is 9.90. The first-order valence-electron chi connectivity index (χ1n) is 9.98. The number of halogens is 1. The molecule has 1 fully saturated rings. The SMILES string of the molecule is Cn1cc(C(=O)C2CCN(C(=O)COCc3nc4c(F)cccc4c(=O)[nH]3)CC2)cn1. The Morgan fingerprint density at radius 3 is 2.77 bits per heavy atom.